The van der Waals surface area contributed by atoms with Gasteiger partial charge in [-0.15, -0.1) is 11.3 Å². The number of nitrogens with one attached hydrogen (secondary N) is 1. The number of nitrogens with two attached hydrogens (primary N) is 1. The largest absolute Gasteiger partial charge is 0.497 e. The summed E-state index contributed by atoms with van der Waals surface area (Å²) in [4.78, 5) is 5.11. The van der Waals surface area contributed by atoms with Crippen LogP contribution in [0.15, 0.2) is 23.1 Å². The normalized spacial score (nSPS) is 11.3. The fourth-order valence-corrected chi connectivity index (χ4v) is 3.75. The van der Waals surface area contributed by atoms with E-state index in [1.807, 2.05) is 13.8 Å². The van der Waals surface area contributed by atoms with E-state index in [1.165, 1.54) is 30.6 Å². The maximum atomic E-state index is 12.3. The number of nitrogen functional groups attached to an aromatic ring is 1. The number of nitrogens with zero attached hydrogens (tertiary/aromatic N) is 1. The van der Waals surface area contributed by atoms with Gasteiger partial charge in [-0.1, -0.05) is 0 Å². The molecule has 1 aromatic heterocycles. The Labute approximate surface area is 121 Å². The molecule has 0 radical (unpaired) electrons. The van der Waals surface area contributed by atoms with E-state index in [0.717, 1.165) is 10.6 Å². The summed E-state index contributed by atoms with van der Waals surface area (Å²) in [5, 5.41) is 0.329. The van der Waals surface area contributed by atoms with Gasteiger partial charge in [0.15, 0.2) is 5.13 Å². The van der Waals surface area contributed by atoms with E-state index in [4.69, 9.17) is 10.5 Å². The first kappa shape index (κ1) is 14.6. The zero-order valence-corrected chi connectivity index (χ0v) is 12.9. The van der Waals surface area contributed by atoms with Crippen molar-refractivity contribution in [3.8, 4) is 5.75 Å². The zero-order chi connectivity index (χ0) is 14.9. The van der Waals surface area contributed by atoms with E-state index in [2.05, 4.69) is 9.71 Å². The Kier molecular flexibility index (Phi) is 3.87. The van der Waals surface area contributed by atoms with Crippen molar-refractivity contribution in [3.05, 3.63) is 28.8 Å². The standard InChI is InChI=1S/C12H15N3O3S2/c1-7-8(2)19-12(14-7)15-20(16,17)11-5-4-9(18-3)6-10(11)13/h4-6H,13H2,1-3H3,(H,14,15). The van der Waals surface area contributed by atoms with Crippen molar-refractivity contribution in [2.75, 3.05) is 17.6 Å². The fourth-order valence-electron chi connectivity index (χ4n) is 1.58. The average molecular weight is 313 g/mol. The lowest BCUT2D eigenvalue weighted by molar-refractivity contribution is 0.414. The van der Waals surface area contributed by atoms with Crippen molar-refractivity contribution in [2.24, 2.45) is 0 Å². The lowest BCUT2D eigenvalue weighted by Crippen LogP contribution is -2.14. The molecule has 0 fully saturated rings. The summed E-state index contributed by atoms with van der Waals surface area (Å²) in [5.41, 5.74) is 6.68. The summed E-state index contributed by atoms with van der Waals surface area (Å²) in [6, 6.07) is 4.42. The second-order valence-electron chi connectivity index (χ2n) is 4.17. The van der Waals surface area contributed by atoms with Crippen LogP contribution in [0.5, 0.6) is 5.75 Å². The number of hydrogen-bond acceptors (Lipinski definition) is 6. The van der Waals surface area contributed by atoms with Gasteiger partial charge in [0.25, 0.3) is 10.0 Å². The Morgan fingerprint density at radius 2 is 2.05 bits per heavy atom. The van der Waals surface area contributed by atoms with Crippen LogP contribution in [0.3, 0.4) is 0 Å². The van der Waals surface area contributed by atoms with Crippen LogP contribution in [0.1, 0.15) is 10.6 Å². The van der Waals surface area contributed by atoms with Crippen molar-refractivity contribution in [1.82, 2.24) is 4.98 Å². The molecule has 2 rings (SSSR count). The Morgan fingerprint density at radius 3 is 2.55 bits per heavy atom. The minimum atomic E-state index is -3.76. The fraction of sp³-hybridized carbons (Fsp3) is 0.250. The van der Waals surface area contributed by atoms with Crippen molar-refractivity contribution in [3.63, 3.8) is 0 Å². The highest BCUT2D eigenvalue weighted by atomic mass is 32.2. The summed E-state index contributed by atoms with van der Waals surface area (Å²) in [6.07, 6.45) is 0. The smallest absolute Gasteiger partial charge is 0.265 e. The highest BCUT2D eigenvalue weighted by molar-refractivity contribution is 7.93. The van der Waals surface area contributed by atoms with E-state index in [0.29, 0.717) is 10.9 Å². The van der Waals surface area contributed by atoms with Crippen molar-refractivity contribution < 1.29 is 13.2 Å². The maximum absolute atomic E-state index is 12.3. The quantitative estimate of drug-likeness (QED) is 0.843. The molecule has 20 heavy (non-hydrogen) atoms. The minimum Gasteiger partial charge on any atom is -0.497 e. The van der Waals surface area contributed by atoms with Crippen molar-refractivity contribution in [1.29, 1.82) is 0 Å². The van der Waals surface area contributed by atoms with Gasteiger partial charge in [-0.3, -0.25) is 4.72 Å². The van der Waals surface area contributed by atoms with Crippen LogP contribution in [0.2, 0.25) is 0 Å². The number of aromatic nitrogens is 1. The van der Waals surface area contributed by atoms with E-state index >= 15 is 0 Å². The second kappa shape index (κ2) is 5.29. The SMILES string of the molecule is COc1ccc(S(=O)(=O)Nc2nc(C)c(C)s2)c(N)c1. The number of ether oxygens (including phenoxy) is 1. The average Bonchev–Trinajstić information content (AvgIpc) is 2.66. The van der Waals surface area contributed by atoms with Crippen LogP contribution in [-0.2, 0) is 10.0 Å². The molecule has 108 valence electrons. The molecule has 1 heterocycles. The highest BCUT2D eigenvalue weighted by Crippen LogP contribution is 2.28. The van der Waals surface area contributed by atoms with E-state index in [-0.39, 0.29) is 10.6 Å². The Morgan fingerprint density at radius 1 is 1.35 bits per heavy atom. The minimum absolute atomic E-state index is 0.00352. The first-order valence-electron chi connectivity index (χ1n) is 5.74. The number of methoxy groups -OCH3 is 1. The molecule has 3 N–H and O–H groups in total. The van der Waals surface area contributed by atoms with Crippen LogP contribution in [-0.4, -0.2) is 20.5 Å². The molecule has 0 saturated carbocycles. The third kappa shape index (κ3) is 2.86. The molecular formula is C12H15N3O3S2. The predicted octanol–water partition coefficient (Wildman–Crippen LogP) is 2.15. The lowest BCUT2D eigenvalue weighted by Gasteiger charge is -2.09. The number of anilines is 2. The molecule has 8 heteroatoms. The molecule has 1 aromatic carbocycles. The predicted molar refractivity (Wildman–Crippen MR) is 79.8 cm³/mol. The summed E-state index contributed by atoms with van der Waals surface area (Å²) >= 11 is 1.28. The third-order valence-electron chi connectivity index (χ3n) is 2.76. The van der Waals surface area contributed by atoms with Gasteiger partial charge >= 0.3 is 0 Å². The topological polar surface area (TPSA) is 94.3 Å². The summed E-state index contributed by atoms with van der Waals surface area (Å²) in [6.45, 7) is 3.71. The maximum Gasteiger partial charge on any atom is 0.265 e. The van der Waals surface area contributed by atoms with Crippen LogP contribution < -0.4 is 15.2 Å². The van der Waals surface area contributed by atoms with Crippen LogP contribution in [0.4, 0.5) is 10.8 Å². The van der Waals surface area contributed by atoms with Gasteiger partial charge in [0.1, 0.15) is 10.6 Å². The zero-order valence-electron chi connectivity index (χ0n) is 11.3. The Hall–Kier alpha value is -1.80. The molecule has 0 saturated heterocycles. The molecule has 0 amide bonds. The molecular weight excluding hydrogens is 298 g/mol. The lowest BCUT2D eigenvalue weighted by atomic mass is 10.3. The molecule has 0 bridgehead atoms. The molecule has 0 aliphatic carbocycles. The molecule has 6 nitrogen and oxygen atoms in total. The number of hydrogen-bond donors (Lipinski definition) is 2. The molecule has 0 unspecified atom stereocenters. The van der Waals surface area contributed by atoms with E-state index in [1.54, 1.807) is 6.07 Å². The van der Waals surface area contributed by atoms with Gasteiger partial charge in [-0.2, -0.15) is 0 Å². The van der Waals surface area contributed by atoms with Gasteiger partial charge in [0.05, 0.1) is 18.5 Å². The highest BCUT2D eigenvalue weighted by Gasteiger charge is 2.20. The second-order valence-corrected chi connectivity index (χ2v) is 7.02. The van der Waals surface area contributed by atoms with Crippen LogP contribution in [0, 0.1) is 13.8 Å². The number of rotatable bonds is 4. The Balaban J connectivity index is 2.35. The molecule has 0 aliphatic rings. The van der Waals surface area contributed by atoms with Gasteiger partial charge in [0, 0.05) is 10.9 Å². The number of thiazole rings is 1. The number of benzene rings is 1. The van der Waals surface area contributed by atoms with Crippen LogP contribution >= 0.6 is 11.3 Å². The Bertz CT molecular complexity index is 719. The number of aryl methyl sites for hydroxylation is 2. The first-order valence-corrected chi connectivity index (χ1v) is 8.04. The first-order chi connectivity index (χ1) is 9.33. The summed E-state index contributed by atoms with van der Waals surface area (Å²) in [7, 11) is -2.27. The summed E-state index contributed by atoms with van der Waals surface area (Å²) < 4.78 is 32.0. The molecule has 0 spiro atoms. The van der Waals surface area contributed by atoms with Gasteiger partial charge in [-0.05, 0) is 26.0 Å². The number of sulfonamides is 1. The molecule has 0 aliphatic heterocycles. The van der Waals surface area contributed by atoms with Gasteiger partial charge in [-0.25, -0.2) is 13.4 Å². The van der Waals surface area contributed by atoms with E-state index in [9.17, 15) is 8.42 Å². The monoisotopic (exact) mass is 313 g/mol. The van der Waals surface area contributed by atoms with Gasteiger partial charge < -0.3 is 10.5 Å². The molecule has 2 aromatic rings. The summed E-state index contributed by atoms with van der Waals surface area (Å²) in [5.74, 6) is 0.502. The van der Waals surface area contributed by atoms with Crippen molar-refractivity contribution >= 4 is 32.2 Å². The third-order valence-corrected chi connectivity index (χ3v) is 5.29. The molecule has 0 atom stereocenters. The van der Waals surface area contributed by atoms with Gasteiger partial charge in [0.2, 0.25) is 0 Å². The van der Waals surface area contributed by atoms with E-state index < -0.39 is 10.0 Å². The van der Waals surface area contributed by atoms with Crippen molar-refractivity contribution in [2.45, 2.75) is 18.7 Å². The van der Waals surface area contributed by atoms with Crippen LogP contribution in [0.25, 0.3) is 0 Å².